The zero-order chi connectivity index (χ0) is 15.1. The molecule has 0 aliphatic rings. The summed E-state index contributed by atoms with van der Waals surface area (Å²) < 4.78 is 2.24. The third-order valence-corrected chi connectivity index (χ3v) is 4.18. The second kappa shape index (κ2) is 5.19. The monoisotopic (exact) mass is 414 g/mol. The summed E-state index contributed by atoms with van der Waals surface area (Å²) in [5.41, 5.74) is 1.54. The van der Waals surface area contributed by atoms with Crippen LogP contribution in [0.25, 0.3) is 16.7 Å². The van der Waals surface area contributed by atoms with E-state index in [-0.39, 0.29) is 11.3 Å². The summed E-state index contributed by atoms with van der Waals surface area (Å²) in [7, 11) is 0. The number of carboxylic acids is 1. The van der Waals surface area contributed by atoms with Gasteiger partial charge in [-0.3, -0.25) is 4.57 Å². The topological polar surface area (TPSA) is 75.1 Å². The van der Waals surface area contributed by atoms with E-state index in [1.807, 2.05) is 0 Å². The van der Waals surface area contributed by atoms with Crippen LogP contribution >= 0.6 is 34.2 Å². The van der Waals surface area contributed by atoms with Crippen LogP contribution in [0, 0.1) is 3.57 Å². The number of rotatable bonds is 2. The van der Waals surface area contributed by atoms with E-state index in [9.17, 15) is 9.59 Å². The number of benzene rings is 2. The highest BCUT2D eigenvalue weighted by atomic mass is 127. The molecular weight excluding hydrogens is 407 g/mol. The second-order valence-corrected chi connectivity index (χ2v) is 6.00. The number of imidazole rings is 1. The molecule has 0 spiro atoms. The van der Waals surface area contributed by atoms with Crippen molar-refractivity contribution >= 4 is 51.2 Å². The molecule has 3 rings (SSSR count). The Bertz CT molecular complexity index is 930. The van der Waals surface area contributed by atoms with E-state index in [4.69, 9.17) is 16.7 Å². The van der Waals surface area contributed by atoms with Crippen LogP contribution in [0.15, 0.2) is 41.2 Å². The average Bonchev–Trinajstić information content (AvgIpc) is 2.74. The molecule has 21 heavy (non-hydrogen) atoms. The molecule has 2 N–H and O–H groups in total. The fourth-order valence-corrected chi connectivity index (χ4v) is 3.25. The highest BCUT2D eigenvalue weighted by Crippen LogP contribution is 2.24. The normalized spacial score (nSPS) is 11.0. The molecule has 3 aromatic rings. The van der Waals surface area contributed by atoms with Crippen molar-refractivity contribution in [3.8, 4) is 5.69 Å². The van der Waals surface area contributed by atoms with Crippen molar-refractivity contribution in [1.82, 2.24) is 9.55 Å². The van der Waals surface area contributed by atoms with E-state index in [0.29, 0.717) is 21.7 Å². The Labute approximate surface area is 137 Å². The van der Waals surface area contributed by atoms with Crippen LogP contribution in [0.3, 0.4) is 0 Å². The maximum atomic E-state index is 12.2. The van der Waals surface area contributed by atoms with Crippen molar-refractivity contribution in [3.05, 3.63) is 61.0 Å². The van der Waals surface area contributed by atoms with Gasteiger partial charge in [0.25, 0.3) is 0 Å². The van der Waals surface area contributed by atoms with Gasteiger partial charge in [0.2, 0.25) is 0 Å². The first-order chi connectivity index (χ1) is 9.97. The van der Waals surface area contributed by atoms with E-state index >= 15 is 0 Å². The number of carbonyl (C=O) groups is 1. The maximum absolute atomic E-state index is 12.2. The highest BCUT2D eigenvalue weighted by Gasteiger charge is 2.13. The zero-order valence-electron chi connectivity index (χ0n) is 10.4. The predicted molar refractivity (Wildman–Crippen MR) is 88.6 cm³/mol. The van der Waals surface area contributed by atoms with Gasteiger partial charge in [0.1, 0.15) is 0 Å². The molecule has 1 aromatic heterocycles. The minimum atomic E-state index is -1.04. The zero-order valence-corrected chi connectivity index (χ0v) is 13.3. The fraction of sp³-hybridized carbons (Fsp3) is 0. The summed E-state index contributed by atoms with van der Waals surface area (Å²) in [5.74, 6) is -1.04. The standard InChI is InChI=1S/C14H8ClIN2O3/c15-8-2-4-11(9(16)6-8)18-12-5-7(13(19)20)1-3-10(12)17-14(18)21/h1-6H,(H,17,21)(H,19,20). The third kappa shape index (κ3) is 2.44. The van der Waals surface area contributed by atoms with Gasteiger partial charge in [-0.25, -0.2) is 9.59 Å². The largest absolute Gasteiger partial charge is 0.478 e. The van der Waals surface area contributed by atoms with E-state index in [1.54, 1.807) is 24.3 Å². The number of aromatic carboxylic acids is 1. The van der Waals surface area contributed by atoms with Crippen LogP contribution in [-0.4, -0.2) is 20.6 Å². The first kappa shape index (κ1) is 14.2. The molecule has 0 aliphatic heterocycles. The molecule has 2 aromatic carbocycles. The van der Waals surface area contributed by atoms with Gasteiger partial charge < -0.3 is 10.1 Å². The average molecular weight is 415 g/mol. The number of aromatic amines is 1. The molecule has 0 bridgehead atoms. The molecule has 106 valence electrons. The first-order valence-electron chi connectivity index (χ1n) is 5.91. The molecule has 0 radical (unpaired) electrons. The van der Waals surface area contributed by atoms with Crippen LogP contribution in [0.4, 0.5) is 0 Å². The molecule has 0 unspecified atom stereocenters. The summed E-state index contributed by atoms with van der Waals surface area (Å²) in [6, 6.07) is 9.67. The summed E-state index contributed by atoms with van der Waals surface area (Å²) in [6.45, 7) is 0. The SMILES string of the molecule is O=C(O)c1ccc2[nH]c(=O)n(-c3ccc(Cl)cc3I)c2c1. The lowest BCUT2D eigenvalue weighted by atomic mass is 10.2. The summed E-state index contributed by atoms with van der Waals surface area (Å²) >= 11 is 8.01. The van der Waals surface area contributed by atoms with Crippen LogP contribution in [-0.2, 0) is 0 Å². The van der Waals surface area contributed by atoms with Crippen molar-refractivity contribution in [2.45, 2.75) is 0 Å². The van der Waals surface area contributed by atoms with Crippen LogP contribution in [0.5, 0.6) is 0 Å². The Kier molecular flexibility index (Phi) is 3.50. The molecule has 5 nitrogen and oxygen atoms in total. The lowest BCUT2D eigenvalue weighted by Crippen LogP contribution is -2.15. The summed E-state index contributed by atoms with van der Waals surface area (Å²) in [6.07, 6.45) is 0. The van der Waals surface area contributed by atoms with Crippen molar-refractivity contribution in [2.75, 3.05) is 0 Å². The Morgan fingerprint density at radius 3 is 2.67 bits per heavy atom. The minimum Gasteiger partial charge on any atom is -0.478 e. The molecule has 1 heterocycles. The van der Waals surface area contributed by atoms with Gasteiger partial charge in [-0.05, 0) is 59.0 Å². The Hall–Kier alpha value is -1.80. The smallest absolute Gasteiger partial charge is 0.335 e. The predicted octanol–water partition coefficient (Wildman–Crippen LogP) is 3.28. The number of carboxylic acid groups (broad SMARTS) is 1. The van der Waals surface area contributed by atoms with Crippen molar-refractivity contribution in [2.24, 2.45) is 0 Å². The van der Waals surface area contributed by atoms with Gasteiger partial charge in [0.05, 0.1) is 22.3 Å². The number of hydrogen-bond acceptors (Lipinski definition) is 2. The lowest BCUT2D eigenvalue weighted by molar-refractivity contribution is 0.0697. The highest BCUT2D eigenvalue weighted by molar-refractivity contribution is 14.1. The maximum Gasteiger partial charge on any atom is 0.335 e. The van der Waals surface area contributed by atoms with Gasteiger partial charge in [-0.15, -0.1) is 0 Å². The van der Waals surface area contributed by atoms with Crippen LogP contribution in [0.1, 0.15) is 10.4 Å². The molecule has 0 aliphatic carbocycles. The van der Waals surface area contributed by atoms with E-state index in [0.717, 1.165) is 3.57 Å². The molecule has 7 heteroatoms. The van der Waals surface area contributed by atoms with Crippen molar-refractivity contribution < 1.29 is 9.90 Å². The van der Waals surface area contributed by atoms with Gasteiger partial charge in [-0.1, -0.05) is 11.6 Å². The molecule has 0 atom stereocenters. The van der Waals surface area contributed by atoms with Gasteiger partial charge >= 0.3 is 11.7 Å². The number of hydrogen-bond donors (Lipinski definition) is 2. The van der Waals surface area contributed by atoms with E-state index in [1.165, 1.54) is 16.7 Å². The Balaban J connectivity index is 2.35. The van der Waals surface area contributed by atoms with Crippen LogP contribution in [0.2, 0.25) is 5.02 Å². The number of nitrogens with zero attached hydrogens (tertiary/aromatic N) is 1. The Morgan fingerprint density at radius 1 is 1.24 bits per heavy atom. The first-order valence-corrected chi connectivity index (χ1v) is 7.36. The number of nitrogens with one attached hydrogen (secondary N) is 1. The molecule has 0 saturated heterocycles. The lowest BCUT2D eigenvalue weighted by Gasteiger charge is -2.07. The quantitative estimate of drug-likeness (QED) is 0.632. The van der Waals surface area contributed by atoms with Gasteiger partial charge in [0, 0.05) is 8.59 Å². The number of aromatic nitrogens is 2. The van der Waals surface area contributed by atoms with Gasteiger partial charge in [0.15, 0.2) is 0 Å². The molecule has 0 saturated carbocycles. The van der Waals surface area contributed by atoms with Crippen molar-refractivity contribution in [3.63, 3.8) is 0 Å². The van der Waals surface area contributed by atoms with E-state index in [2.05, 4.69) is 27.6 Å². The minimum absolute atomic E-state index is 0.124. The molecule has 0 fully saturated rings. The van der Waals surface area contributed by atoms with Gasteiger partial charge in [-0.2, -0.15) is 0 Å². The second-order valence-electron chi connectivity index (χ2n) is 4.40. The third-order valence-electron chi connectivity index (χ3n) is 3.08. The fourth-order valence-electron chi connectivity index (χ4n) is 2.14. The summed E-state index contributed by atoms with van der Waals surface area (Å²) in [5, 5.41) is 9.66. The van der Waals surface area contributed by atoms with Crippen LogP contribution < -0.4 is 5.69 Å². The summed E-state index contributed by atoms with van der Waals surface area (Å²) in [4.78, 5) is 26.0. The molecule has 0 amide bonds. The molecular formula is C14H8ClIN2O3. The van der Waals surface area contributed by atoms with E-state index < -0.39 is 5.97 Å². The Morgan fingerprint density at radius 2 is 2.00 bits per heavy atom. The number of fused-ring (bicyclic) bond motifs is 1. The van der Waals surface area contributed by atoms with Crippen molar-refractivity contribution in [1.29, 1.82) is 0 Å². The number of H-pyrrole nitrogens is 1. The number of halogens is 2.